The summed E-state index contributed by atoms with van der Waals surface area (Å²) in [4.78, 5) is 0. The van der Waals surface area contributed by atoms with E-state index in [0.29, 0.717) is 13.2 Å². The Bertz CT molecular complexity index is 51.6. The molecular formula is C7H15BrO2. The van der Waals surface area contributed by atoms with Crippen molar-refractivity contribution in [3.05, 3.63) is 0 Å². The Labute approximate surface area is 71.3 Å². The van der Waals surface area contributed by atoms with Crippen molar-refractivity contribution in [1.82, 2.24) is 0 Å². The van der Waals surface area contributed by atoms with Crippen molar-refractivity contribution in [2.24, 2.45) is 0 Å². The Morgan fingerprint density at radius 1 is 1.10 bits per heavy atom. The Balaban J connectivity index is 2.65. The number of rotatable bonds is 7. The Hall–Kier alpha value is 0.400. The van der Waals surface area contributed by atoms with Crippen LogP contribution in [0.15, 0.2) is 0 Å². The molecule has 0 aromatic carbocycles. The summed E-state index contributed by atoms with van der Waals surface area (Å²) >= 11 is 2.85. The third kappa shape index (κ3) is 8.40. The smallest absolute Gasteiger partial charge is 0.0988 e. The van der Waals surface area contributed by atoms with Crippen molar-refractivity contribution >= 4 is 16.3 Å². The van der Waals surface area contributed by atoms with Crippen molar-refractivity contribution < 1.29 is 8.57 Å². The number of unbranched alkanes of at least 4 members (excludes halogenated alkanes) is 2. The SMILES string of the molecule is CCCCCOCCOBr. The summed E-state index contributed by atoms with van der Waals surface area (Å²) in [6, 6.07) is 0. The molecule has 0 saturated heterocycles. The molecule has 0 aliphatic carbocycles. The van der Waals surface area contributed by atoms with Gasteiger partial charge >= 0.3 is 0 Å². The number of hydrogen-bond acceptors (Lipinski definition) is 2. The van der Waals surface area contributed by atoms with Crippen LogP contribution in [-0.2, 0) is 8.57 Å². The van der Waals surface area contributed by atoms with E-state index in [4.69, 9.17) is 4.74 Å². The molecule has 0 heterocycles. The Morgan fingerprint density at radius 2 is 1.90 bits per heavy atom. The van der Waals surface area contributed by atoms with Crippen molar-refractivity contribution in [2.45, 2.75) is 26.2 Å². The van der Waals surface area contributed by atoms with Gasteiger partial charge in [0.15, 0.2) is 0 Å². The summed E-state index contributed by atoms with van der Waals surface area (Å²) in [6.07, 6.45) is 3.67. The molecule has 0 fully saturated rings. The highest BCUT2D eigenvalue weighted by molar-refractivity contribution is 9.06. The van der Waals surface area contributed by atoms with E-state index in [1.807, 2.05) is 0 Å². The molecule has 0 amide bonds. The average Bonchev–Trinajstić information content (AvgIpc) is 1.97. The van der Waals surface area contributed by atoms with Gasteiger partial charge in [-0.15, -0.1) is 0 Å². The van der Waals surface area contributed by atoms with Crippen LogP contribution in [0.5, 0.6) is 0 Å². The fourth-order valence-electron chi connectivity index (χ4n) is 0.647. The number of halogens is 1. The molecule has 0 N–H and O–H groups in total. The van der Waals surface area contributed by atoms with E-state index in [0.717, 1.165) is 6.61 Å². The standard InChI is InChI=1S/C7H15BrO2/c1-2-3-4-5-9-6-7-10-8/h2-7H2,1H3. The monoisotopic (exact) mass is 210 g/mol. The quantitative estimate of drug-likeness (QED) is 0.602. The van der Waals surface area contributed by atoms with Crippen LogP contribution < -0.4 is 0 Å². The van der Waals surface area contributed by atoms with Gasteiger partial charge in [-0.1, -0.05) is 19.8 Å². The maximum Gasteiger partial charge on any atom is 0.0988 e. The molecule has 0 atom stereocenters. The minimum Gasteiger partial charge on any atom is -0.379 e. The molecule has 0 unspecified atom stereocenters. The largest absolute Gasteiger partial charge is 0.379 e. The minimum atomic E-state index is 0.631. The molecule has 0 aromatic rings. The second-order valence-electron chi connectivity index (χ2n) is 2.13. The van der Waals surface area contributed by atoms with E-state index in [1.165, 1.54) is 19.3 Å². The lowest BCUT2D eigenvalue weighted by Crippen LogP contribution is -2.00. The van der Waals surface area contributed by atoms with Crippen molar-refractivity contribution in [3.63, 3.8) is 0 Å². The topological polar surface area (TPSA) is 18.5 Å². The maximum absolute atomic E-state index is 5.22. The van der Waals surface area contributed by atoms with Gasteiger partial charge in [0.25, 0.3) is 0 Å². The lowest BCUT2D eigenvalue weighted by Gasteiger charge is -2.00. The zero-order valence-electron chi connectivity index (χ0n) is 6.44. The molecule has 3 heteroatoms. The molecule has 2 nitrogen and oxygen atoms in total. The Kier molecular flexibility index (Phi) is 9.78. The van der Waals surface area contributed by atoms with E-state index in [9.17, 15) is 0 Å². The molecule has 0 aromatic heterocycles. The summed E-state index contributed by atoms with van der Waals surface area (Å²) < 4.78 is 9.86. The van der Waals surface area contributed by atoms with Crippen LogP contribution in [-0.4, -0.2) is 19.8 Å². The fraction of sp³-hybridized carbons (Fsp3) is 1.00. The second kappa shape index (κ2) is 9.40. The molecule has 0 rings (SSSR count). The summed E-state index contributed by atoms with van der Waals surface area (Å²) in [5.41, 5.74) is 0. The van der Waals surface area contributed by atoms with E-state index < -0.39 is 0 Å². The third-order valence-corrected chi connectivity index (χ3v) is 1.52. The van der Waals surface area contributed by atoms with Gasteiger partial charge in [0.2, 0.25) is 0 Å². The summed E-state index contributed by atoms with van der Waals surface area (Å²) in [5.74, 6) is 0. The maximum atomic E-state index is 5.22. The van der Waals surface area contributed by atoms with Gasteiger partial charge in [0.05, 0.1) is 29.5 Å². The highest BCUT2D eigenvalue weighted by atomic mass is 79.9. The highest BCUT2D eigenvalue weighted by Crippen LogP contribution is 1.94. The zero-order chi connectivity index (χ0) is 7.66. The van der Waals surface area contributed by atoms with Gasteiger partial charge in [-0.25, -0.2) is 0 Å². The van der Waals surface area contributed by atoms with Crippen LogP contribution in [0.2, 0.25) is 0 Å². The van der Waals surface area contributed by atoms with Crippen molar-refractivity contribution in [3.8, 4) is 0 Å². The normalized spacial score (nSPS) is 10.2. The van der Waals surface area contributed by atoms with E-state index in [1.54, 1.807) is 0 Å². The van der Waals surface area contributed by atoms with Gasteiger partial charge < -0.3 is 8.57 Å². The third-order valence-electron chi connectivity index (χ3n) is 1.20. The van der Waals surface area contributed by atoms with E-state index in [2.05, 4.69) is 27.0 Å². The first kappa shape index (κ1) is 10.4. The van der Waals surface area contributed by atoms with E-state index >= 15 is 0 Å². The molecule has 0 radical (unpaired) electrons. The molecule has 0 spiro atoms. The summed E-state index contributed by atoms with van der Waals surface area (Å²) in [6.45, 7) is 4.37. The molecular weight excluding hydrogens is 196 g/mol. The molecule has 0 bridgehead atoms. The van der Waals surface area contributed by atoms with Crippen molar-refractivity contribution in [2.75, 3.05) is 19.8 Å². The summed E-state index contributed by atoms with van der Waals surface area (Å²) in [5, 5.41) is 0. The van der Waals surface area contributed by atoms with Crippen LogP contribution in [0.1, 0.15) is 26.2 Å². The van der Waals surface area contributed by atoms with E-state index in [-0.39, 0.29) is 0 Å². The van der Waals surface area contributed by atoms with Gasteiger partial charge in [0, 0.05) is 6.61 Å². The first-order valence-electron chi connectivity index (χ1n) is 3.73. The first-order chi connectivity index (χ1) is 4.91. The van der Waals surface area contributed by atoms with Crippen LogP contribution in [0.3, 0.4) is 0 Å². The van der Waals surface area contributed by atoms with Gasteiger partial charge in [0.1, 0.15) is 0 Å². The van der Waals surface area contributed by atoms with Gasteiger partial charge in [-0.05, 0) is 6.42 Å². The second-order valence-corrected chi connectivity index (χ2v) is 2.59. The van der Waals surface area contributed by atoms with Crippen LogP contribution in [0.4, 0.5) is 0 Å². The molecule has 0 aliphatic heterocycles. The van der Waals surface area contributed by atoms with Crippen LogP contribution >= 0.6 is 16.3 Å². The van der Waals surface area contributed by atoms with Crippen LogP contribution in [0.25, 0.3) is 0 Å². The van der Waals surface area contributed by atoms with Gasteiger partial charge in [-0.2, -0.15) is 0 Å². The minimum absolute atomic E-state index is 0.631. The molecule has 62 valence electrons. The predicted molar refractivity (Wildman–Crippen MR) is 45.2 cm³/mol. The Morgan fingerprint density at radius 3 is 2.50 bits per heavy atom. The first-order valence-corrected chi connectivity index (χ1v) is 4.37. The van der Waals surface area contributed by atoms with Crippen LogP contribution in [0, 0.1) is 0 Å². The molecule has 0 saturated carbocycles. The number of ether oxygens (including phenoxy) is 1. The zero-order valence-corrected chi connectivity index (χ0v) is 8.02. The molecule has 10 heavy (non-hydrogen) atoms. The van der Waals surface area contributed by atoms with Crippen molar-refractivity contribution in [1.29, 1.82) is 0 Å². The predicted octanol–water partition coefficient (Wildman–Crippen LogP) is 2.52. The molecule has 0 aliphatic rings. The van der Waals surface area contributed by atoms with Gasteiger partial charge in [-0.3, -0.25) is 0 Å². The fourth-order valence-corrected chi connectivity index (χ4v) is 0.779. The highest BCUT2D eigenvalue weighted by Gasteiger charge is 1.87. The number of hydrogen-bond donors (Lipinski definition) is 0. The lowest BCUT2D eigenvalue weighted by atomic mass is 10.3. The average molecular weight is 211 g/mol. The summed E-state index contributed by atoms with van der Waals surface area (Å²) in [7, 11) is 0. The lowest BCUT2D eigenvalue weighted by molar-refractivity contribution is 0.106.